The van der Waals surface area contributed by atoms with Crippen molar-refractivity contribution < 1.29 is 14.7 Å². The molecule has 2 heterocycles. The predicted molar refractivity (Wildman–Crippen MR) is 96.8 cm³/mol. The van der Waals surface area contributed by atoms with Crippen LogP contribution in [-0.2, 0) is 4.79 Å². The molecule has 0 radical (unpaired) electrons. The van der Waals surface area contributed by atoms with Gasteiger partial charge in [0.2, 0.25) is 5.91 Å². The lowest BCUT2D eigenvalue weighted by Gasteiger charge is -2.14. The predicted octanol–water partition coefficient (Wildman–Crippen LogP) is 2.75. The van der Waals surface area contributed by atoms with Gasteiger partial charge >= 0.3 is 0 Å². The Hall–Kier alpha value is -2.54. The normalized spacial score (nSPS) is 13.7. The number of hydrogen-bond acceptors (Lipinski definition) is 5. The van der Waals surface area contributed by atoms with Crippen molar-refractivity contribution in [1.82, 2.24) is 9.88 Å². The Morgan fingerprint density at radius 1 is 1.12 bits per heavy atom. The number of carbonyl (C=O) groups excluding carboxylic acids is 2. The molecule has 1 aromatic heterocycles. The average molecular weight is 357 g/mol. The van der Waals surface area contributed by atoms with Crippen LogP contribution < -0.4 is 5.32 Å². The molecule has 1 saturated heterocycles. The summed E-state index contributed by atoms with van der Waals surface area (Å²) in [7, 11) is 0. The van der Waals surface area contributed by atoms with E-state index in [9.17, 15) is 14.7 Å². The van der Waals surface area contributed by atoms with E-state index in [0.717, 1.165) is 25.9 Å². The van der Waals surface area contributed by atoms with Crippen molar-refractivity contribution in [2.75, 3.05) is 24.2 Å². The topological polar surface area (TPSA) is 82.5 Å². The number of aromatic hydroxyl groups is 1. The number of amides is 2. The van der Waals surface area contributed by atoms with Crippen LogP contribution in [-0.4, -0.2) is 45.6 Å². The number of phenolic OH excluding ortho intramolecular Hbond substituents is 1. The van der Waals surface area contributed by atoms with E-state index in [1.54, 1.807) is 30.5 Å². The second-order valence-corrected chi connectivity index (χ2v) is 6.76. The zero-order chi connectivity index (χ0) is 17.6. The Kier molecular flexibility index (Phi) is 5.55. The molecule has 1 aliphatic rings. The fourth-order valence-electron chi connectivity index (χ4n) is 2.58. The van der Waals surface area contributed by atoms with Crippen LogP contribution in [0.25, 0.3) is 0 Å². The molecule has 2 amide bonds. The summed E-state index contributed by atoms with van der Waals surface area (Å²) in [6, 6.07) is 9.82. The molecule has 0 aliphatic carbocycles. The molecule has 2 N–H and O–H groups in total. The maximum absolute atomic E-state index is 12.2. The summed E-state index contributed by atoms with van der Waals surface area (Å²) in [5.41, 5.74) is 1.21. The monoisotopic (exact) mass is 357 g/mol. The van der Waals surface area contributed by atoms with Crippen molar-refractivity contribution >= 4 is 29.3 Å². The van der Waals surface area contributed by atoms with E-state index in [0.29, 0.717) is 16.3 Å². The average Bonchev–Trinajstić information content (AvgIpc) is 3.16. The number of carbonyl (C=O) groups is 2. The lowest BCUT2D eigenvalue weighted by molar-refractivity contribution is -0.113. The third-order valence-electron chi connectivity index (χ3n) is 3.88. The highest BCUT2D eigenvalue weighted by Crippen LogP contribution is 2.19. The fourth-order valence-corrected chi connectivity index (χ4v) is 3.22. The fraction of sp³-hybridized carbons (Fsp3) is 0.278. The molecule has 1 aliphatic heterocycles. The molecule has 7 heteroatoms. The van der Waals surface area contributed by atoms with Crippen molar-refractivity contribution in [1.29, 1.82) is 0 Å². The first-order valence-electron chi connectivity index (χ1n) is 8.09. The minimum atomic E-state index is -0.158. The molecule has 0 atom stereocenters. The van der Waals surface area contributed by atoms with Crippen LogP contribution in [0.15, 0.2) is 47.6 Å². The Morgan fingerprint density at radius 2 is 1.84 bits per heavy atom. The summed E-state index contributed by atoms with van der Waals surface area (Å²) in [5, 5.41) is 12.7. The molecule has 0 saturated carbocycles. The number of nitrogens with zero attached hydrogens (tertiary/aromatic N) is 2. The Bertz CT molecular complexity index is 741. The molecule has 1 aromatic carbocycles. The Morgan fingerprint density at radius 3 is 2.48 bits per heavy atom. The summed E-state index contributed by atoms with van der Waals surface area (Å²) < 4.78 is 0. The number of benzene rings is 1. The van der Waals surface area contributed by atoms with Crippen molar-refractivity contribution in [2.24, 2.45) is 0 Å². The number of likely N-dealkylation sites (tertiary alicyclic amines) is 1. The first-order chi connectivity index (χ1) is 12.1. The third-order valence-corrected chi connectivity index (χ3v) is 4.82. The zero-order valence-electron chi connectivity index (χ0n) is 13.6. The number of pyridine rings is 1. The van der Waals surface area contributed by atoms with E-state index in [1.807, 2.05) is 4.90 Å². The molecule has 0 bridgehead atoms. The summed E-state index contributed by atoms with van der Waals surface area (Å²) in [4.78, 5) is 30.3. The van der Waals surface area contributed by atoms with Gasteiger partial charge < -0.3 is 15.3 Å². The van der Waals surface area contributed by atoms with Gasteiger partial charge in [0.25, 0.3) is 5.91 Å². The molecular weight excluding hydrogens is 338 g/mol. The quantitative estimate of drug-likeness (QED) is 0.635. The first-order valence-corrected chi connectivity index (χ1v) is 9.07. The molecule has 25 heavy (non-hydrogen) atoms. The first kappa shape index (κ1) is 17.3. The number of anilines is 1. The minimum Gasteiger partial charge on any atom is -0.508 e. The van der Waals surface area contributed by atoms with Crippen LogP contribution in [0.3, 0.4) is 0 Å². The van der Waals surface area contributed by atoms with Crippen LogP contribution in [0, 0.1) is 0 Å². The molecule has 0 spiro atoms. The summed E-state index contributed by atoms with van der Waals surface area (Å²) in [6.07, 6.45) is 3.69. The Balaban J connectivity index is 1.50. The molecular formula is C18H19N3O3S. The number of nitrogens with one attached hydrogen (secondary N) is 1. The number of phenols is 1. The van der Waals surface area contributed by atoms with E-state index >= 15 is 0 Å². The van der Waals surface area contributed by atoms with Crippen LogP contribution in [0.5, 0.6) is 5.75 Å². The van der Waals surface area contributed by atoms with Gasteiger partial charge in [-0.1, -0.05) is 11.8 Å². The lowest BCUT2D eigenvalue weighted by Crippen LogP contribution is -2.27. The van der Waals surface area contributed by atoms with Crippen molar-refractivity contribution in [3.63, 3.8) is 0 Å². The molecule has 2 aromatic rings. The van der Waals surface area contributed by atoms with Gasteiger partial charge in [-0.3, -0.25) is 9.59 Å². The standard InChI is InChI=1S/C18H19N3O3S/c22-15-6-4-14(5-7-15)20-16(23)12-25-17-8-3-13(11-19-17)18(24)21-9-1-2-10-21/h3-8,11,22H,1-2,9-10,12H2,(H,20,23). The van der Waals surface area contributed by atoms with Crippen LogP contribution in [0.4, 0.5) is 5.69 Å². The van der Waals surface area contributed by atoms with Gasteiger partial charge in [-0.05, 0) is 49.2 Å². The molecule has 130 valence electrons. The second kappa shape index (κ2) is 8.02. The zero-order valence-corrected chi connectivity index (χ0v) is 14.5. The van der Waals surface area contributed by atoms with Crippen LogP contribution in [0.1, 0.15) is 23.2 Å². The van der Waals surface area contributed by atoms with Gasteiger partial charge in [-0.15, -0.1) is 0 Å². The molecule has 0 unspecified atom stereocenters. The molecule has 3 rings (SSSR count). The van der Waals surface area contributed by atoms with Crippen LogP contribution in [0.2, 0.25) is 0 Å². The molecule has 1 fully saturated rings. The van der Waals surface area contributed by atoms with Gasteiger partial charge in [-0.25, -0.2) is 4.98 Å². The largest absolute Gasteiger partial charge is 0.508 e. The maximum Gasteiger partial charge on any atom is 0.255 e. The lowest BCUT2D eigenvalue weighted by atomic mass is 10.2. The second-order valence-electron chi connectivity index (χ2n) is 5.77. The van der Waals surface area contributed by atoms with Crippen molar-refractivity contribution in [3.05, 3.63) is 48.2 Å². The van der Waals surface area contributed by atoms with E-state index in [-0.39, 0.29) is 23.3 Å². The van der Waals surface area contributed by atoms with E-state index < -0.39 is 0 Å². The number of thioether (sulfide) groups is 1. The smallest absolute Gasteiger partial charge is 0.255 e. The number of rotatable bonds is 5. The Labute approximate surface area is 150 Å². The van der Waals surface area contributed by atoms with Crippen molar-refractivity contribution in [3.8, 4) is 5.75 Å². The molecule has 6 nitrogen and oxygen atoms in total. The number of aromatic nitrogens is 1. The maximum atomic E-state index is 12.2. The number of hydrogen-bond donors (Lipinski definition) is 2. The summed E-state index contributed by atoms with van der Waals surface area (Å²) in [5.74, 6) is 0.231. The highest BCUT2D eigenvalue weighted by atomic mass is 32.2. The van der Waals surface area contributed by atoms with Crippen LogP contribution >= 0.6 is 11.8 Å². The highest BCUT2D eigenvalue weighted by Gasteiger charge is 2.19. The van der Waals surface area contributed by atoms with Crippen molar-refractivity contribution in [2.45, 2.75) is 17.9 Å². The van der Waals surface area contributed by atoms with E-state index in [4.69, 9.17) is 0 Å². The van der Waals surface area contributed by atoms with E-state index in [1.165, 1.54) is 23.9 Å². The van der Waals surface area contributed by atoms with Gasteiger partial charge in [0.05, 0.1) is 16.3 Å². The van der Waals surface area contributed by atoms with Gasteiger partial charge in [-0.2, -0.15) is 0 Å². The van der Waals surface area contributed by atoms with E-state index in [2.05, 4.69) is 10.3 Å². The highest BCUT2D eigenvalue weighted by molar-refractivity contribution is 7.99. The SMILES string of the molecule is O=C(CSc1ccc(C(=O)N2CCCC2)cn1)Nc1ccc(O)cc1. The third kappa shape index (κ3) is 4.73. The minimum absolute atomic E-state index is 0.0200. The summed E-state index contributed by atoms with van der Waals surface area (Å²) >= 11 is 1.31. The van der Waals surface area contributed by atoms with Gasteiger partial charge in [0.15, 0.2) is 0 Å². The van der Waals surface area contributed by atoms with Gasteiger partial charge in [0.1, 0.15) is 5.75 Å². The van der Waals surface area contributed by atoms with Gasteiger partial charge in [0, 0.05) is 25.0 Å². The summed E-state index contributed by atoms with van der Waals surface area (Å²) in [6.45, 7) is 1.62.